The highest BCUT2D eigenvalue weighted by Crippen LogP contribution is 2.26. The lowest BCUT2D eigenvalue weighted by molar-refractivity contribution is 0.149. The van der Waals surface area contributed by atoms with Crippen LogP contribution in [0, 0.1) is 15.0 Å². The minimum atomic E-state index is -2.63. The molecule has 0 N–H and O–H groups in total. The van der Waals surface area contributed by atoms with E-state index in [1.807, 2.05) is 28.7 Å². The third kappa shape index (κ3) is 2.98. The predicted octanol–water partition coefficient (Wildman–Crippen LogP) is 3.43. The monoisotopic (exact) mass is 342 g/mol. The van der Waals surface area contributed by atoms with Gasteiger partial charge in [0.25, 0.3) is 6.43 Å². The molecule has 0 unspecified atom stereocenters. The first-order chi connectivity index (χ1) is 7.10. The Balaban J connectivity index is 3.26. The number of rotatable bonds is 3. The lowest BCUT2D eigenvalue weighted by Crippen LogP contribution is -2.02. The van der Waals surface area contributed by atoms with E-state index in [4.69, 9.17) is 16.9 Å². The number of hydrogen-bond acceptors (Lipinski definition) is 2. The molecular weight excluding hydrogens is 336 g/mol. The van der Waals surface area contributed by atoms with Crippen LogP contribution in [0.4, 0.5) is 8.78 Å². The van der Waals surface area contributed by atoms with Crippen molar-refractivity contribution < 1.29 is 8.78 Å². The van der Waals surface area contributed by atoms with Crippen LogP contribution < -0.4 is 0 Å². The Hall–Kier alpha value is -0.480. The van der Waals surface area contributed by atoms with Crippen molar-refractivity contribution in [3.05, 3.63) is 26.6 Å². The second kappa shape index (κ2) is 5.56. The molecule has 0 fully saturated rings. The van der Waals surface area contributed by atoms with Crippen LogP contribution in [0.3, 0.4) is 0 Å². The summed E-state index contributed by atoms with van der Waals surface area (Å²) in [6.45, 7) is 0. The van der Waals surface area contributed by atoms with Gasteiger partial charge in [-0.3, -0.25) is 0 Å². The Bertz CT molecular complexity index is 404. The van der Waals surface area contributed by atoms with Gasteiger partial charge in [-0.05, 0) is 34.2 Å². The van der Waals surface area contributed by atoms with E-state index >= 15 is 0 Å². The summed E-state index contributed by atoms with van der Waals surface area (Å²) in [4.78, 5) is 3.95. The van der Waals surface area contributed by atoms with Crippen LogP contribution >= 0.6 is 34.2 Å². The molecule has 0 aliphatic rings. The highest BCUT2D eigenvalue weighted by molar-refractivity contribution is 14.1. The molecule has 6 heteroatoms. The van der Waals surface area contributed by atoms with Gasteiger partial charge in [0, 0.05) is 11.4 Å². The summed E-state index contributed by atoms with van der Waals surface area (Å²) in [7, 11) is 0. The zero-order chi connectivity index (χ0) is 11.4. The summed E-state index contributed by atoms with van der Waals surface area (Å²) >= 11 is 7.50. The van der Waals surface area contributed by atoms with E-state index in [1.54, 1.807) is 0 Å². The summed E-state index contributed by atoms with van der Waals surface area (Å²) in [5.74, 6) is 0.137. The molecule has 0 aliphatic carbocycles. The van der Waals surface area contributed by atoms with Crippen molar-refractivity contribution in [2.45, 2.75) is 18.7 Å². The number of nitriles is 1. The average molecular weight is 343 g/mol. The lowest BCUT2D eigenvalue weighted by atomic mass is 10.1. The van der Waals surface area contributed by atoms with Gasteiger partial charge in [-0.1, -0.05) is 0 Å². The van der Waals surface area contributed by atoms with Crippen LogP contribution in [-0.2, 0) is 12.3 Å². The number of halogens is 4. The first-order valence-corrected chi connectivity index (χ1v) is 5.60. The second-order valence-electron chi connectivity index (χ2n) is 2.74. The maximum absolute atomic E-state index is 12.6. The summed E-state index contributed by atoms with van der Waals surface area (Å²) < 4.78 is 25.8. The van der Waals surface area contributed by atoms with Crippen LogP contribution in [-0.4, -0.2) is 4.98 Å². The van der Waals surface area contributed by atoms with Gasteiger partial charge in [0.15, 0.2) is 0 Å². The molecule has 0 aromatic carbocycles. The molecule has 2 nitrogen and oxygen atoms in total. The quantitative estimate of drug-likeness (QED) is 0.479. The summed E-state index contributed by atoms with van der Waals surface area (Å²) in [5, 5.41) is 8.48. The standard InChI is InChI=1S/C9H6ClF2IN2/c10-4-5-3-6(8(11)12)7(1-2-14)15-9(5)13/h3,8H,1,4H2. The third-order valence-electron chi connectivity index (χ3n) is 1.79. The zero-order valence-electron chi connectivity index (χ0n) is 7.48. The maximum Gasteiger partial charge on any atom is 0.265 e. The first-order valence-electron chi connectivity index (χ1n) is 3.99. The summed E-state index contributed by atoms with van der Waals surface area (Å²) in [5.41, 5.74) is 0.493. The topological polar surface area (TPSA) is 36.7 Å². The van der Waals surface area contributed by atoms with Crippen molar-refractivity contribution in [3.8, 4) is 6.07 Å². The average Bonchev–Trinajstić information content (AvgIpc) is 2.18. The largest absolute Gasteiger partial charge is 0.265 e. The Morgan fingerprint density at radius 3 is 2.73 bits per heavy atom. The number of hydrogen-bond donors (Lipinski definition) is 0. The van der Waals surface area contributed by atoms with Gasteiger partial charge < -0.3 is 0 Å². The molecule has 0 spiro atoms. The van der Waals surface area contributed by atoms with Crippen LogP contribution in [0.2, 0.25) is 0 Å². The molecule has 1 aromatic heterocycles. The normalized spacial score (nSPS) is 10.4. The fourth-order valence-electron chi connectivity index (χ4n) is 1.08. The van der Waals surface area contributed by atoms with E-state index in [2.05, 4.69) is 4.98 Å². The molecular formula is C9H6ClF2IN2. The van der Waals surface area contributed by atoms with E-state index in [0.29, 0.717) is 9.26 Å². The molecule has 1 rings (SSSR count). The number of pyridine rings is 1. The number of nitrogens with zero attached hydrogens (tertiary/aromatic N) is 2. The molecule has 80 valence electrons. The predicted molar refractivity (Wildman–Crippen MR) is 60.8 cm³/mol. The van der Waals surface area contributed by atoms with E-state index in [-0.39, 0.29) is 23.6 Å². The minimum absolute atomic E-state index is 0.113. The minimum Gasteiger partial charge on any atom is -0.245 e. The van der Waals surface area contributed by atoms with Crippen molar-refractivity contribution in [2.24, 2.45) is 0 Å². The van der Waals surface area contributed by atoms with Crippen molar-refractivity contribution >= 4 is 34.2 Å². The highest BCUT2D eigenvalue weighted by atomic mass is 127. The Morgan fingerprint density at radius 1 is 1.60 bits per heavy atom. The van der Waals surface area contributed by atoms with Crippen molar-refractivity contribution in [1.29, 1.82) is 5.26 Å². The Morgan fingerprint density at radius 2 is 2.27 bits per heavy atom. The third-order valence-corrected chi connectivity index (χ3v) is 3.01. The molecule has 15 heavy (non-hydrogen) atoms. The molecule has 0 atom stereocenters. The molecule has 0 amide bonds. The summed E-state index contributed by atoms with van der Waals surface area (Å²) in [6.07, 6.45) is -2.74. The fraction of sp³-hybridized carbons (Fsp3) is 0.333. The van der Waals surface area contributed by atoms with Gasteiger partial charge in [-0.2, -0.15) is 5.26 Å². The van der Waals surface area contributed by atoms with Gasteiger partial charge >= 0.3 is 0 Å². The maximum atomic E-state index is 12.6. The Kier molecular flexibility index (Phi) is 4.67. The number of alkyl halides is 3. The van der Waals surface area contributed by atoms with E-state index in [9.17, 15) is 8.78 Å². The van der Waals surface area contributed by atoms with Gasteiger partial charge in [-0.25, -0.2) is 13.8 Å². The SMILES string of the molecule is N#CCc1nc(I)c(CCl)cc1C(F)F. The lowest BCUT2D eigenvalue weighted by Gasteiger charge is -2.08. The molecule has 0 saturated heterocycles. The molecule has 0 aliphatic heterocycles. The van der Waals surface area contributed by atoms with Crippen LogP contribution in [0.5, 0.6) is 0 Å². The smallest absolute Gasteiger partial charge is 0.245 e. The van der Waals surface area contributed by atoms with Crippen LogP contribution in [0.15, 0.2) is 6.07 Å². The van der Waals surface area contributed by atoms with Gasteiger partial charge in [0.1, 0.15) is 3.70 Å². The van der Waals surface area contributed by atoms with Crippen molar-refractivity contribution in [3.63, 3.8) is 0 Å². The molecule has 0 bridgehead atoms. The molecule has 1 aromatic rings. The molecule has 1 heterocycles. The second-order valence-corrected chi connectivity index (χ2v) is 4.03. The van der Waals surface area contributed by atoms with Crippen LogP contribution in [0.1, 0.15) is 23.2 Å². The molecule has 0 radical (unpaired) electrons. The highest BCUT2D eigenvalue weighted by Gasteiger charge is 2.16. The van der Waals surface area contributed by atoms with Gasteiger partial charge in [-0.15, -0.1) is 11.6 Å². The van der Waals surface area contributed by atoms with Crippen molar-refractivity contribution in [1.82, 2.24) is 4.98 Å². The van der Waals surface area contributed by atoms with Crippen LogP contribution in [0.25, 0.3) is 0 Å². The summed E-state index contributed by atoms with van der Waals surface area (Å²) in [6, 6.07) is 3.13. The fourth-order valence-corrected chi connectivity index (χ4v) is 2.15. The van der Waals surface area contributed by atoms with E-state index in [1.165, 1.54) is 6.07 Å². The number of aromatic nitrogens is 1. The van der Waals surface area contributed by atoms with E-state index < -0.39 is 6.43 Å². The van der Waals surface area contributed by atoms with Gasteiger partial charge in [0.2, 0.25) is 0 Å². The van der Waals surface area contributed by atoms with E-state index in [0.717, 1.165) is 0 Å². The van der Waals surface area contributed by atoms with Gasteiger partial charge in [0.05, 0.1) is 18.2 Å². The Labute approximate surface area is 104 Å². The van der Waals surface area contributed by atoms with Crippen molar-refractivity contribution in [2.75, 3.05) is 0 Å². The zero-order valence-corrected chi connectivity index (χ0v) is 10.4. The molecule has 0 saturated carbocycles. The first kappa shape index (κ1) is 12.6.